The molecule has 0 radical (unpaired) electrons. The molecule has 0 aromatic carbocycles. The molecule has 0 saturated carbocycles. The van der Waals surface area contributed by atoms with E-state index in [9.17, 15) is 0 Å². The summed E-state index contributed by atoms with van der Waals surface area (Å²) in [4.78, 5) is 0. The van der Waals surface area contributed by atoms with Crippen molar-refractivity contribution in [2.24, 2.45) is 11.8 Å². The second kappa shape index (κ2) is 11.1. The summed E-state index contributed by atoms with van der Waals surface area (Å²) >= 11 is 10.9. The summed E-state index contributed by atoms with van der Waals surface area (Å²) in [6.45, 7) is 14.9. The Morgan fingerprint density at radius 1 is 0.818 bits per heavy atom. The van der Waals surface area contributed by atoms with Crippen molar-refractivity contribution in [1.82, 2.24) is 0 Å². The molecule has 2 aliphatic rings. The first-order valence-electron chi connectivity index (χ1n) is 7.34. The molecule has 0 N–H and O–H groups in total. The van der Waals surface area contributed by atoms with Crippen LogP contribution in [-0.4, -0.2) is 6.69 Å². The molecule has 0 heterocycles. The molecule has 0 saturated heterocycles. The first-order chi connectivity index (χ1) is 9.40. The van der Waals surface area contributed by atoms with Gasteiger partial charge in [-0.1, -0.05) is 53.4 Å². The molecule has 122 valence electrons. The maximum Gasteiger partial charge on any atom is 2.00 e. The van der Waals surface area contributed by atoms with Gasteiger partial charge in [-0.2, -0.15) is 11.1 Å². The fraction of sp³-hybridized carbons (Fsp3) is 0.556. The van der Waals surface area contributed by atoms with Gasteiger partial charge in [-0.25, -0.2) is 23.3 Å². The Kier molecular flexibility index (Phi) is 12.5. The molecule has 4 heteroatoms. The SMILES string of the molecule is CC1=[C-]C(C)C(C)=C1.CC1=[C-]C(C)C(C)=C1.C[Si](C)(Cl)Cl.[Ti+2]. The van der Waals surface area contributed by atoms with Crippen LogP contribution in [-0.2, 0) is 21.7 Å². The summed E-state index contributed by atoms with van der Waals surface area (Å²) in [7, 11) is 0. The number of hydrogen-bond donors (Lipinski definition) is 0. The third-order valence-electron chi connectivity index (χ3n) is 3.14. The van der Waals surface area contributed by atoms with Gasteiger partial charge in [-0.15, -0.1) is 22.2 Å². The van der Waals surface area contributed by atoms with Gasteiger partial charge in [0.2, 0.25) is 6.69 Å². The van der Waals surface area contributed by atoms with E-state index in [1.54, 1.807) is 0 Å². The molecule has 0 amide bonds. The third kappa shape index (κ3) is 13.0. The van der Waals surface area contributed by atoms with Crippen molar-refractivity contribution in [2.75, 3.05) is 0 Å². The predicted octanol–water partition coefficient (Wildman–Crippen LogP) is 6.83. The van der Waals surface area contributed by atoms with Gasteiger partial charge in [-0.3, -0.25) is 12.2 Å². The van der Waals surface area contributed by atoms with E-state index in [-0.39, 0.29) is 21.7 Å². The van der Waals surface area contributed by atoms with Gasteiger partial charge in [-0.05, 0) is 13.1 Å². The van der Waals surface area contributed by atoms with Crippen LogP contribution in [0.15, 0.2) is 34.4 Å². The number of hydrogen-bond acceptors (Lipinski definition) is 0. The Morgan fingerprint density at radius 2 is 1.05 bits per heavy atom. The zero-order valence-corrected chi connectivity index (χ0v) is 19.1. The van der Waals surface area contributed by atoms with E-state index in [1.165, 1.54) is 22.3 Å². The van der Waals surface area contributed by atoms with E-state index in [1.807, 2.05) is 13.1 Å². The van der Waals surface area contributed by atoms with E-state index in [0.29, 0.717) is 11.8 Å². The molecule has 0 aliphatic heterocycles. The molecule has 0 aromatic rings. The summed E-state index contributed by atoms with van der Waals surface area (Å²) in [6.07, 6.45) is 11.0. The summed E-state index contributed by atoms with van der Waals surface area (Å²) < 4.78 is 0. The topological polar surface area (TPSA) is 0 Å². The van der Waals surface area contributed by atoms with Crippen molar-refractivity contribution in [1.29, 1.82) is 0 Å². The van der Waals surface area contributed by atoms with Gasteiger partial charge in [0.25, 0.3) is 0 Å². The number of rotatable bonds is 0. The molecule has 2 atom stereocenters. The third-order valence-corrected chi connectivity index (χ3v) is 3.14. The predicted molar refractivity (Wildman–Crippen MR) is 99.9 cm³/mol. The molecule has 0 spiro atoms. The zero-order chi connectivity index (χ0) is 16.8. The molecule has 0 nitrogen and oxygen atoms in total. The van der Waals surface area contributed by atoms with Crippen LogP contribution in [0.1, 0.15) is 41.5 Å². The summed E-state index contributed by atoms with van der Waals surface area (Å²) in [5.74, 6) is 1.13. The normalized spacial score (nSPS) is 22.8. The molecular weight excluding hydrogens is 363 g/mol. The first kappa shape index (κ1) is 24.7. The van der Waals surface area contributed by atoms with Crippen molar-refractivity contribution < 1.29 is 21.7 Å². The Labute approximate surface area is 163 Å². The molecule has 0 bridgehead atoms. The Balaban J connectivity index is 0. The van der Waals surface area contributed by atoms with Crippen molar-refractivity contribution in [3.63, 3.8) is 0 Å². The van der Waals surface area contributed by atoms with Gasteiger partial charge in [0.1, 0.15) is 0 Å². The smallest absolute Gasteiger partial charge is 0.266 e. The Hall–Kier alpha value is 0.471. The standard InChI is InChI=1S/2C8H11.C2H6Cl2Si.Ti/c2*1-6-4-7(2)8(3)5-6;1-5(2,3)4;/h2*4,8H,1-3H3;1-2H3;/q2*-1;;+2. The van der Waals surface area contributed by atoms with Gasteiger partial charge < -0.3 is 0 Å². The Bertz CT molecular complexity index is 424. The maximum absolute atomic E-state index is 5.43. The van der Waals surface area contributed by atoms with E-state index in [2.05, 4.69) is 65.8 Å². The van der Waals surface area contributed by atoms with E-state index in [4.69, 9.17) is 22.2 Å². The second-order valence-corrected chi connectivity index (χ2v) is 15.1. The quantitative estimate of drug-likeness (QED) is 0.241. The first-order valence-corrected chi connectivity index (χ1v) is 12.4. The van der Waals surface area contributed by atoms with Gasteiger partial charge in [0, 0.05) is 0 Å². The van der Waals surface area contributed by atoms with Crippen LogP contribution in [0.3, 0.4) is 0 Å². The van der Waals surface area contributed by atoms with Crippen LogP contribution in [0.5, 0.6) is 0 Å². The van der Waals surface area contributed by atoms with Crippen LogP contribution in [0.25, 0.3) is 0 Å². The summed E-state index contributed by atoms with van der Waals surface area (Å²) in [5, 5.41) is 0. The van der Waals surface area contributed by atoms with Crippen LogP contribution >= 0.6 is 22.2 Å². The fourth-order valence-electron chi connectivity index (χ4n) is 1.93. The average Bonchev–Trinajstić information content (AvgIpc) is 2.68. The summed E-state index contributed by atoms with van der Waals surface area (Å²) in [6, 6.07) is 0. The van der Waals surface area contributed by atoms with E-state index in [0.717, 1.165) is 0 Å². The van der Waals surface area contributed by atoms with Crippen LogP contribution in [0, 0.1) is 24.0 Å². The molecule has 2 unspecified atom stereocenters. The van der Waals surface area contributed by atoms with Crippen molar-refractivity contribution >= 4 is 28.9 Å². The minimum atomic E-state index is -1.67. The van der Waals surface area contributed by atoms with Crippen molar-refractivity contribution in [2.45, 2.75) is 54.6 Å². The molecular formula is C18H28Cl2SiTi. The van der Waals surface area contributed by atoms with Crippen molar-refractivity contribution in [3.8, 4) is 0 Å². The molecule has 0 aromatic heterocycles. The minimum absolute atomic E-state index is 0. The second-order valence-electron chi connectivity index (χ2n) is 6.20. The van der Waals surface area contributed by atoms with Gasteiger partial charge in [0.15, 0.2) is 0 Å². The zero-order valence-electron chi connectivity index (χ0n) is 15.1. The van der Waals surface area contributed by atoms with E-state index < -0.39 is 6.69 Å². The monoisotopic (exact) mass is 390 g/mol. The average molecular weight is 391 g/mol. The van der Waals surface area contributed by atoms with Gasteiger partial charge >= 0.3 is 21.7 Å². The van der Waals surface area contributed by atoms with Crippen molar-refractivity contribution in [3.05, 3.63) is 46.6 Å². The maximum atomic E-state index is 5.43. The van der Waals surface area contributed by atoms with Gasteiger partial charge in [0.05, 0.1) is 0 Å². The molecule has 2 aliphatic carbocycles. The van der Waals surface area contributed by atoms with Crippen LogP contribution in [0.2, 0.25) is 13.1 Å². The summed E-state index contributed by atoms with van der Waals surface area (Å²) in [5.41, 5.74) is 5.44. The fourth-order valence-corrected chi connectivity index (χ4v) is 1.93. The minimum Gasteiger partial charge on any atom is -0.266 e. The number of allylic oxidation sites excluding steroid dienone is 8. The van der Waals surface area contributed by atoms with Crippen LogP contribution < -0.4 is 0 Å². The molecule has 0 fully saturated rings. The van der Waals surface area contributed by atoms with Crippen LogP contribution in [0.4, 0.5) is 0 Å². The van der Waals surface area contributed by atoms with E-state index >= 15 is 0 Å². The molecule has 2 rings (SSSR count). The largest absolute Gasteiger partial charge is 2.00 e. The molecule has 22 heavy (non-hydrogen) atoms. The Morgan fingerprint density at radius 3 is 1.09 bits per heavy atom. The number of halogens is 2.